The highest BCUT2D eigenvalue weighted by molar-refractivity contribution is 9.10. The maximum Gasteiger partial charge on any atom is 0.253 e. The molecule has 0 saturated carbocycles. The average Bonchev–Trinajstić information content (AvgIpc) is 2.75. The van der Waals surface area contributed by atoms with Gasteiger partial charge in [-0.15, -0.1) is 0 Å². The Morgan fingerprint density at radius 1 is 1.33 bits per heavy atom. The number of ether oxygens (including phenoxy) is 1. The predicted molar refractivity (Wildman–Crippen MR) is 123 cm³/mol. The minimum atomic E-state index is -2.92. The highest BCUT2D eigenvalue weighted by Gasteiger charge is 2.24. The number of aryl methyl sites for hydroxylation is 2. The van der Waals surface area contributed by atoms with Crippen molar-refractivity contribution in [2.24, 2.45) is 0 Å². The van der Waals surface area contributed by atoms with Gasteiger partial charge in [-0.3, -0.25) is 9.59 Å². The minimum absolute atomic E-state index is 0.0152. The van der Waals surface area contributed by atoms with Crippen LogP contribution in [0.4, 0.5) is 5.69 Å². The fraction of sp³-hybridized carbons (Fsp3) is 0.478. The van der Waals surface area contributed by atoms with Gasteiger partial charge in [-0.1, -0.05) is 15.9 Å². The van der Waals surface area contributed by atoms with Crippen molar-refractivity contribution < 1.29 is 16.4 Å². The van der Waals surface area contributed by atoms with Gasteiger partial charge in [-0.2, -0.15) is 0 Å². The van der Waals surface area contributed by atoms with Crippen LogP contribution >= 0.6 is 15.9 Å². The number of aromatic amines is 1. The van der Waals surface area contributed by atoms with E-state index in [-0.39, 0.29) is 17.7 Å². The summed E-state index contributed by atoms with van der Waals surface area (Å²) in [5.74, 6) is -0.453. The molecule has 1 fully saturated rings. The number of benzene rings is 1. The molecule has 1 aromatic heterocycles. The molecule has 6 nitrogen and oxygen atoms in total. The number of pyridine rings is 1. The Labute approximate surface area is 193 Å². The lowest BCUT2D eigenvalue weighted by Crippen LogP contribution is -2.40. The van der Waals surface area contributed by atoms with Gasteiger partial charge in [0.25, 0.3) is 11.5 Å². The summed E-state index contributed by atoms with van der Waals surface area (Å²) >= 11 is 3.40. The molecule has 2 aromatic rings. The Balaban J connectivity index is 2.01. The van der Waals surface area contributed by atoms with Gasteiger partial charge in [0.2, 0.25) is 0 Å². The first kappa shape index (κ1) is 16.6. The molecule has 2 N–H and O–H groups in total. The molecule has 0 aliphatic carbocycles. The molecule has 1 aliphatic heterocycles. The van der Waals surface area contributed by atoms with E-state index < -0.39 is 25.3 Å². The van der Waals surface area contributed by atoms with E-state index in [0.29, 0.717) is 47.3 Å². The lowest BCUT2D eigenvalue weighted by molar-refractivity contribution is 0.0845. The molecule has 7 heteroatoms. The molecule has 0 atom stereocenters. The second kappa shape index (κ2) is 9.79. The van der Waals surface area contributed by atoms with E-state index in [1.165, 1.54) is 4.90 Å². The molecule has 30 heavy (non-hydrogen) atoms. The number of carbonyl (C=O) groups is 1. The molecule has 2 heterocycles. The number of nitrogens with zero attached hydrogens (tertiary/aromatic N) is 1. The molecule has 0 radical (unpaired) electrons. The van der Waals surface area contributed by atoms with Gasteiger partial charge in [0.1, 0.15) is 0 Å². The zero-order valence-electron chi connectivity index (χ0n) is 22.4. The standard InChI is InChI=1S/C23H30BrN3O3/c1-5-27(18-6-8-30-9-7-18)21-12-17(24)11-19(16(21)4)22(28)25-13-20-14(2)10-15(3)26-23(20)29/h10-12,18H,5-9,13H2,1-4H3,(H,25,28)(H,26,29)/i1D3,5D2. The van der Waals surface area contributed by atoms with Crippen molar-refractivity contribution in [2.45, 2.75) is 53.1 Å². The number of anilines is 1. The van der Waals surface area contributed by atoms with Gasteiger partial charge in [0.15, 0.2) is 0 Å². The van der Waals surface area contributed by atoms with Gasteiger partial charge in [-0.25, -0.2) is 0 Å². The number of amides is 1. The lowest BCUT2D eigenvalue weighted by Gasteiger charge is -2.36. The first-order chi connectivity index (χ1) is 16.2. The maximum atomic E-state index is 13.2. The third-order valence-corrected chi connectivity index (χ3v) is 5.90. The topological polar surface area (TPSA) is 74.4 Å². The van der Waals surface area contributed by atoms with Crippen LogP contribution in [0.3, 0.4) is 0 Å². The molecule has 1 saturated heterocycles. The SMILES string of the molecule is [2H]C([2H])([2H])C([2H])([2H])N(c1cc(Br)cc(C(=O)NCc2c(C)cc(C)[nH]c2=O)c1C)C1CCOCC1. The third kappa shape index (κ3) is 4.95. The number of carbonyl (C=O) groups excluding carboxylic acids is 1. The molecule has 0 unspecified atom stereocenters. The van der Waals surface area contributed by atoms with Gasteiger partial charge in [0, 0.05) is 66.1 Å². The Kier molecular flexibility index (Phi) is 5.40. The van der Waals surface area contributed by atoms with Gasteiger partial charge < -0.3 is 19.9 Å². The zero-order chi connectivity index (χ0) is 26.1. The zero-order valence-corrected chi connectivity index (χ0v) is 19.0. The summed E-state index contributed by atoms with van der Waals surface area (Å²) in [4.78, 5) is 29.5. The van der Waals surface area contributed by atoms with Gasteiger partial charge >= 0.3 is 0 Å². The summed E-state index contributed by atoms with van der Waals surface area (Å²) in [7, 11) is 0. The van der Waals surface area contributed by atoms with Crippen LogP contribution in [0.15, 0.2) is 27.5 Å². The Morgan fingerprint density at radius 3 is 2.73 bits per heavy atom. The fourth-order valence-corrected chi connectivity index (χ4v) is 4.25. The lowest BCUT2D eigenvalue weighted by atomic mass is 10.0. The highest BCUT2D eigenvalue weighted by Crippen LogP contribution is 2.31. The van der Waals surface area contributed by atoms with Crippen molar-refractivity contribution >= 4 is 27.5 Å². The number of H-pyrrole nitrogens is 1. The van der Waals surface area contributed by atoms with Gasteiger partial charge in [0.05, 0.1) is 0 Å². The van der Waals surface area contributed by atoms with Crippen LogP contribution in [0, 0.1) is 20.8 Å². The van der Waals surface area contributed by atoms with Crippen LogP contribution in [0.2, 0.25) is 0 Å². The van der Waals surface area contributed by atoms with Crippen molar-refractivity contribution in [1.82, 2.24) is 10.3 Å². The summed E-state index contributed by atoms with van der Waals surface area (Å²) in [5.41, 5.74) is 2.68. The van der Waals surface area contributed by atoms with E-state index in [4.69, 9.17) is 11.6 Å². The molecule has 0 spiro atoms. The van der Waals surface area contributed by atoms with Crippen LogP contribution in [-0.4, -0.2) is 36.6 Å². The summed E-state index contributed by atoms with van der Waals surface area (Å²) in [6, 6.07) is 4.65. The minimum Gasteiger partial charge on any atom is -0.381 e. The molecule has 1 aromatic carbocycles. The third-order valence-electron chi connectivity index (χ3n) is 5.45. The highest BCUT2D eigenvalue weighted by atomic mass is 79.9. The van der Waals surface area contributed by atoms with Crippen molar-refractivity contribution in [3.8, 4) is 0 Å². The maximum absolute atomic E-state index is 13.2. The number of nitrogens with one attached hydrogen (secondary N) is 2. The molecular formula is C23H30BrN3O3. The number of halogens is 1. The van der Waals surface area contributed by atoms with E-state index in [1.54, 1.807) is 32.9 Å². The van der Waals surface area contributed by atoms with Crippen LogP contribution in [0.5, 0.6) is 0 Å². The number of aromatic nitrogens is 1. The van der Waals surface area contributed by atoms with E-state index >= 15 is 0 Å². The number of hydrogen-bond acceptors (Lipinski definition) is 4. The summed E-state index contributed by atoms with van der Waals surface area (Å²) in [5, 5.41) is 2.78. The van der Waals surface area contributed by atoms with E-state index in [0.717, 1.165) is 11.3 Å². The number of rotatable bonds is 6. The Hall–Kier alpha value is -2.12. The van der Waals surface area contributed by atoms with Gasteiger partial charge in [-0.05, 0) is 69.8 Å². The van der Waals surface area contributed by atoms with Crippen LogP contribution in [0.25, 0.3) is 0 Å². The van der Waals surface area contributed by atoms with Crippen molar-refractivity contribution in [1.29, 1.82) is 0 Å². The first-order valence-electron chi connectivity index (χ1n) is 12.4. The van der Waals surface area contributed by atoms with Crippen molar-refractivity contribution in [2.75, 3.05) is 24.6 Å². The van der Waals surface area contributed by atoms with Crippen molar-refractivity contribution in [3.63, 3.8) is 0 Å². The van der Waals surface area contributed by atoms with E-state index in [9.17, 15) is 9.59 Å². The number of hydrogen-bond donors (Lipinski definition) is 2. The van der Waals surface area contributed by atoms with Crippen LogP contribution < -0.4 is 15.8 Å². The van der Waals surface area contributed by atoms with E-state index in [2.05, 4.69) is 26.2 Å². The molecular weight excluding hydrogens is 446 g/mol. The molecule has 1 amide bonds. The predicted octanol–water partition coefficient (Wildman–Crippen LogP) is 4.00. The molecule has 162 valence electrons. The molecule has 3 rings (SSSR count). The summed E-state index contributed by atoms with van der Waals surface area (Å²) < 4.78 is 46.6. The average molecular weight is 481 g/mol. The second-order valence-electron chi connectivity index (χ2n) is 7.55. The smallest absolute Gasteiger partial charge is 0.253 e. The van der Waals surface area contributed by atoms with Crippen LogP contribution in [0.1, 0.15) is 59.3 Å². The van der Waals surface area contributed by atoms with Crippen molar-refractivity contribution in [3.05, 3.63) is 61.0 Å². The summed E-state index contributed by atoms with van der Waals surface area (Å²) in [6.45, 7) is 0.448. The second-order valence-corrected chi connectivity index (χ2v) is 8.46. The quantitative estimate of drug-likeness (QED) is 0.654. The summed E-state index contributed by atoms with van der Waals surface area (Å²) in [6.07, 6.45) is 0.914. The van der Waals surface area contributed by atoms with Crippen LogP contribution in [-0.2, 0) is 11.3 Å². The Bertz CT molecular complexity index is 1160. The monoisotopic (exact) mass is 480 g/mol. The fourth-order valence-electron chi connectivity index (χ4n) is 3.81. The van der Waals surface area contributed by atoms with E-state index in [1.807, 2.05) is 6.07 Å². The largest absolute Gasteiger partial charge is 0.381 e. The molecule has 1 aliphatic rings. The first-order valence-corrected chi connectivity index (χ1v) is 10.7. The normalized spacial score (nSPS) is 17.9. The Morgan fingerprint density at radius 2 is 2.07 bits per heavy atom. The molecule has 0 bridgehead atoms.